The molecule has 0 saturated carbocycles. The molecule has 0 atom stereocenters. The Hall–Kier alpha value is -4.93. The average Bonchev–Trinajstić information content (AvgIpc) is 3.76. The van der Waals surface area contributed by atoms with E-state index in [1.165, 1.54) is 15.9 Å². The number of ether oxygens (including phenoxy) is 3. The number of methoxy groups -OCH3 is 1. The minimum Gasteiger partial charge on any atom is -0.493 e. The largest absolute Gasteiger partial charge is 0.493 e. The van der Waals surface area contributed by atoms with Gasteiger partial charge in [-0.3, -0.25) is 4.79 Å². The van der Waals surface area contributed by atoms with E-state index in [9.17, 15) is 4.79 Å². The van der Waals surface area contributed by atoms with Crippen molar-refractivity contribution < 1.29 is 14.2 Å². The van der Waals surface area contributed by atoms with E-state index in [0.29, 0.717) is 56.5 Å². The van der Waals surface area contributed by atoms with Crippen LogP contribution in [0.15, 0.2) is 77.7 Å². The number of hydrogen-bond donors (Lipinski definition) is 0. The lowest BCUT2D eigenvalue weighted by Gasteiger charge is -2.09. The lowest BCUT2D eigenvalue weighted by Crippen LogP contribution is -2.23. The van der Waals surface area contributed by atoms with Crippen molar-refractivity contribution in [1.82, 2.24) is 24.4 Å². The van der Waals surface area contributed by atoms with Crippen molar-refractivity contribution in [3.63, 3.8) is 0 Å². The number of nitrogens with zero attached hydrogens (tertiary/aromatic N) is 5. The van der Waals surface area contributed by atoms with Crippen LogP contribution in [0.3, 0.4) is 0 Å². The minimum atomic E-state index is -0.258. The van der Waals surface area contributed by atoms with Gasteiger partial charge in [0.15, 0.2) is 17.3 Å². The van der Waals surface area contributed by atoms with Gasteiger partial charge in [0, 0.05) is 17.3 Å². The second kappa shape index (κ2) is 14.0. The van der Waals surface area contributed by atoms with Crippen molar-refractivity contribution in [2.75, 3.05) is 20.3 Å². The molecule has 0 radical (unpaired) electrons. The van der Waals surface area contributed by atoms with Gasteiger partial charge in [0.1, 0.15) is 11.4 Å². The fourth-order valence-electron chi connectivity index (χ4n) is 4.82. The van der Waals surface area contributed by atoms with Gasteiger partial charge in [-0.15, -0.1) is 5.10 Å². The molecule has 9 nitrogen and oxygen atoms in total. The number of unbranched alkanes of at least 4 members (excludes halogenated alkanes) is 1. The van der Waals surface area contributed by atoms with Gasteiger partial charge < -0.3 is 14.2 Å². The van der Waals surface area contributed by atoms with Crippen LogP contribution in [-0.2, 0) is 0 Å². The van der Waals surface area contributed by atoms with Crippen LogP contribution >= 0.6 is 22.9 Å². The van der Waals surface area contributed by atoms with E-state index in [0.717, 1.165) is 35.2 Å². The van der Waals surface area contributed by atoms with Gasteiger partial charge >= 0.3 is 0 Å². The summed E-state index contributed by atoms with van der Waals surface area (Å²) in [7, 11) is 1.60. The summed E-state index contributed by atoms with van der Waals surface area (Å²) in [4.78, 5) is 18.5. The number of aromatic nitrogens is 5. The van der Waals surface area contributed by atoms with E-state index in [-0.39, 0.29) is 5.56 Å². The maximum absolute atomic E-state index is 13.5. The summed E-state index contributed by atoms with van der Waals surface area (Å²) in [5.41, 5.74) is 3.76. The molecule has 0 aliphatic rings. The van der Waals surface area contributed by atoms with Crippen molar-refractivity contribution >= 4 is 46.1 Å². The molecular weight excluding hydrogens is 622 g/mol. The highest BCUT2D eigenvalue weighted by Gasteiger charge is 2.16. The Morgan fingerprint density at radius 2 is 1.76 bits per heavy atom. The van der Waals surface area contributed by atoms with Crippen LogP contribution in [0.25, 0.3) is 40.1 Å². The Labute approximate surface area is 275 Å². The van der Waals surface area contributed by atoms with E-state index >= 15 is 0 Å². The molecule has 0 aliphatic carbocycles. The van der Waals surface area contributed by atoms with E-state index < -0.39 is 0 Å². The quantitative estimate of drug-likeness (QED) is 0.132. The predicted octanol–water partition coefficient (Wildman–Crippen LogP) is 6.96. The van der Waals surface area contributed by atoms with Crippen molar-refractivity contribution in [1.29, 1.82) is 0 Å². The summed E-state index contributed by atoms with van der Waals surface area (Å²) in [6, 6.07) is 21.1. The third kappa shape index (κ3) is 6.68. The van der Waals surface area contributed by atoms with Gasteiger partial charge in [-0.1, -0.05) is 66.6 Å². The summed E-state index contributed by atoms with van der Waals surface area (Å²) in [5.74, 6) is 2.37. The second-order valence-corrected chi connectivity index (χ2v) is 11.7. The van der Waals surface area contributed by atoms with Crippen LogP contribution in [-0.4, -0.2) is 44.7 Å². The lowest BCUT2D eigenvalue weighted by molar-refractivity contribution is 0.309. The molecule has 11 heteroatoms. The normalized spacial score (nSPS) is 12.0. The molecule has 0 unspecified atom stereocenters. The van der Waals surface area contributed by atoms with Gasteiger partial charge in [-0.25, -0.2) is 4.68 Å². The van der Waals surface area contributed by atoms with Crippen LogP contribution in [0.2, 0.25) is 5.02 Å². The molecule has 3 aromatic carbocycles. The fourth-order valence-corrected chi connectivity index (χ4v) is 5.96. The molecule has 3 aromatic heterocycles. The number of fused-ring (bicyclic) bond motifs is 1. The van der Waals surface area contributed by atoms with Gasteiger partial charge in [0.2, 0.25) is 4.96 Å². The first-order valence-electron chi connectivity index (χ1n) is 15.0. The zero-order chi connectivity index (χ0) is 32.0. The van der Waals surface area contributed by atoms with Crippen LogP contribution < -0.4 is 24.3 Å². The maximum atomic E-state index is 13.5. The molecule has 0 aliphatic heterocycles. The van der Waals surface area contributed by atoms with E-state index in [1.807, 2.05) is 92.0 Å². The van der Waals surface area contributed by atoms with E-state index in [1.54, 1.807) is 17.9 Å². The molecule has 0 N–H and O–H groups in total. The molecule has 0 amide bonds. The minimum absolute atomic E-state index is 0.258. The predicted molar refractivity (Wildman–Crippen MR) is 183 cm³/mol. The highest BCUT2D eigenvalue weighted by atomic mass is 35.5. The van der Waals surface area contributed by atoms with Gasteiger partial charge in [0.05, 0.1) is 35.6 Å². The topological polar surface area (TPSA) is 92.8 Å². The van der Waals surface area contributed by atoms with Crippen LogP contribution in [0.5, 0.6) is 17.2 Å². The highest BCUT2D eigenvalue weighted by Crippen LogP contribution is 2.32. The Bertz CT molecular complexity index is 2120. The monoisotopic (exact) mass is 653 g/mol. The number of halogens is 1. The Kier molecular flexibility index (Phi) is 9.46. The maximum Gasteiger partial charge on any atom is 0.291 e. The lowest BCUT2D eigenvalue weighted by atomic mass is 10.1. The molecule has 46 heavy (non-hydrogen) atoms. The molecule has 0 spiro atoms. The highest BCUT2D eigenvalue weighted by molar-refractivity contribution is 7.15. The zero-order valence-corrected chi connectivity index (χ0v) is 27.2. The van der Waals surface area contributed by atoms with Crippen molar-refractivity contribution in [3.05, 3.63) is 110 Å². The molecule has 0 bridgehead atoms. The number of hydrogen-bond acceptors (Lipinski definition) is 8. The number of para-hydroxylation sites is 1. The fraction of sp³-hybridized carbons (Fsp3) is 0.200. The number of benzene rings is 3. The molecule has 6 rings (SSSR count). The van der Waals surface area contributed by atoms with Crippen molar-refractivity contribution in [2.24, 2.45) is 0 Å². The first kappa shape index (κ1) is 31.1. The summed E-state index contributed by atoms with van der Waals surface area (Å²) in [6.45, 7) is 5.19. The summed E-state index contributed by atoms with van der Waals surface area (Å²) in [5, 5.41) is 9.84. The zero-order valence-electron chi connectivity index (χ0n) is 25.6. The molecule has 6 aromatic rings. The van der Waals surface area contributed by atoms with E-state index in [4.69, 9.17) is 30.9 Å². The smallest absolute Gasteiger partial charge is 0.291 e. The molecule has 0 fully saturated rings. The third-order valence-electron chi connectivity index (χ3n) is 7.12. The van der Waals surface area contributed by atoms with Gasteiger partial charge in [0.25, 0.3) is 5.56 Å². The summed E-state index contributed by atoms with van der Waals surface area (Å²) in [6.07, 6.45) is 9.34. The van der Waals surface area contributed by atoms with Gasteiger partial charge in [-0.05, 0) is 73.5 Å². The SMILES string of the molecule is CCCCOc1ccc(-c2nn(-c3ccccc3)cc2/C=c2\sc3nc(/C=C/c4ccc(OCC)c(OC)c4)nn3c2=O)cc1Cl. The van der Waals surface area contributed by atoms with E-state index in [2.05, 4.69) is 17.0 Å². The molecule has 234 valence electrons. The van der Waals surface area contributed by atoms with Crippen molar-refractivity contribution in [3.8, 4) is 34.2 Å². The first-order chi connectivity index (χ1) is 22.5. The molecular formula is C35H32ClN5O4S. The molecule has 0 saturated heterocycles. The standard InChI is InChI=1S/C35H32ClN5O4S/c1-4-6-18-45-28-16-14-24(20-27(28)36)33-25(22-40(39-33)26-10-8-7-9-11-26)21-31-34(42)41-35(46-31)37-32(38-41)17-13-23-12-15-29(44-5-2)30(19-23)43-3/h7-17,19-22H,4-6,18H2,1-3H3/b17-13+,31-21-. The Balaban J connectivity index is 1.34. The summed E-state index contributed by atoms with van der Waals surface area (Å²) >= 11 is 7.89. The Morgan fingerprint density at radius 3 is 2.50 bits per heavy atom. The van der Waals surface area contributed by atoms with Crippen molar-refractivity contribution in [2.45, 2.75) is 26.7 Å². The van der Waals surface area contributed by atoms with Gasteiger partial charge in [-0.2, -0.15) is 14.6 Å². The number of thiazole rings is 1. The number of rotatable bonds is 12. The van der Waals surface area contributed by atoms with Crippen LogP contribution in [0.4, 0.5) is 0 Å². The average molecular weight is 654 g/mol. The first-order valence-corrected chi connectivity index (χ1v) is 16.1. The van der Waals surface area contributed by atoms with Crippen LogP contribution in [0, 0.1) is 0 Å². The summed E-state index contributed by atoms with van der Waals surface area (Å²) < 4.78 is 20.5. The molecule has 3 heterocycles. The third-order valence-corrected chi connectivity index (χ3v) is 8.38. The van der Waals surface area contributed by atoms with Crippen LogP contribution in [0.1, 0.15) is 43.6 Å². The Morgan fingerprint density at radius 1 is 0.935 bits per heavy atom. The second-order valence-electron chi connectivity index (χ2n) is 10.3.